The molecule has 0 saturated heterocycles. The Morgan fingerprint density at radius 2 is 1.50 bits per heavy atom. The highest BCUT2D eigenvalue weighted by Crippen LogP contribution is 2.37. The Labute approximate surface area is 152 Å². The van der Waals surface area contributed by atoms with Gasteiger partial charge < -0.3 is 10.1 Å². The van der Waals surface area contributed by atoms with Crippen molar-refractivity contribution < 1.29 is 4.74 Å². The lowest BCUT2D eigenvalue weighted by atomic mass is 10.2. The monoisotopic (exact) mass is 357 g/mol. The van der Waals surface area contributed by atoms with Crippen LogP contribution in [0, 0.1) is 6.92 Å². The van der Waals surface area contributed by atoms with E-state index < -0.39 is 0 Å². The van der Waals surface area contributed by atoms with E-state index in [0.717, 1.165) is 22.5 Å². The molecule has 3 rings (SSSR count). The van der Waals surface area contributed by atoms with Gasteiger partial charge in [-0.05, 0) is 36.2 Å². The van der Waals surface area contributed by atoms with Gasteiger partial charge in [0.1, 0.15) is 6.61 Å². The fourth-order valence-corrected chi connectivity index (χ4v) is 2.96. The standard InChI is InChI=1S/C20H17Cl2NO/c1-14-7-5-6-10-19(14)23-16-11-17(21)20(18(22)12-16)24-13-15-8-3-2-4-9-15/h2-12,23H,13H2,1H3. The molecular formula is C20H17Cl2NO. The maximum Gasteiger partial charge on any atom is 0.157 e. The number of rotatable bonds is 5. The molecule has 0 aliphatic heterocycles. The largest absolute Gasteiger partial charge is 0.486 e. The van der Waals surface area contributed by atoms with Crippen LogP contribution in [0.1, 0.15) is 11.1 Å². The summed E-state index contributed by atoms with van der Waals surface area (Å²) in [6, 6.07) is 21.6. The smallest absolute Gasteiger partial charge is 0.157 e. The van der Waals surface area contributed by atoms with Crippen molar-refractivity contribution in [2.45, 2.75) is 13.5 Å². The van der Waals surface area contributed by atoms with Gasteiger partial charge in [0.25, 0.3) is 0 Å². The number of hydrogen-bond acceptors (Lipinski definition) is 2. The molecule has 0 atom stereocenters. The van der Waals surface area contributed by atoms with E-state index in [9.17, 15) is 0 Å². The third-order valence-electron chi connectivity index (χ3n) is 3.65. The molecule has 0 aliphatic carbocycles. The molecule has 4 heteroatoms. The Morgan fingerprint density at radius 3 is 2.17 bits per heavy atom. The minimum absolute atomic E-state index is 0.421. The molecule has 0 radical (unpaired) electrons. The van der Waals surface area contributed by atoms with Gasteiger partial charge in [-0.25, -0.2) is 0 Å². The molecule has 0 heterocycles. The third-order valence-corrected chi connectivity index (χ3v) is 4.21. The van der Waals surface area contributed by atoms with Crippen molar-refractivity contribution in [2.24, 2.45) is 0 Å². The van der Waals surface area contributed by atoms with E-state index in [1.54, 1.807) is 0 Å². The second kappa shape index (κ2) is 7.61. The van der Waals surface area contributed by atoms with Crippen LogP contribution in [0.4, 0.5) is 11.4 Å². The second-order valence-corrected chi connectivity index (χ2v) is 6.30. The van der Waals surface area contributed by atoms with Crippen molar-refractivity contribution >= 4 is 34.6 Å². The van der Waals surface area contributed by atoms with E-state index in [0.29, 0.717) is 22.4 Å². The molecule has 0 saturated carbocycles. The van der Waals surface area contributed by atoms with Gasteiger partial charge in [0, 0.05) is 11.4 Å². The van der Waals surface area contributed by atoms with Gasteiger partial charge in [0.2, 0.25) is 0 Å². The highest BCUT2D eigenvalue weighted by atomic mass is 35.5. The average Bonchev–Trinajstić information content (AvgIpc) is 2.57. The van der Waals surface area contributed by atoms with Gasteiger partial charge in [-0.3, -0.25) is 0 Å². The summed E-state index contributed by atoms with van der Waals surface area (Å²) in [5.74, 6) is 0.498. The first-order valence-electron chi connectivity index (χ1n) is 7.62. The number of halogens is 2. The van der Waals surface area contributed by atoms with E-state index >= 15 is 0 Å². The van der Waals surface area contributed by atoms with Crippen LogP contribution in [-0.2, 0) is 6.61 Å². The number of anilines is 2. The summed E-state index contributed by atoms with van der Waals surface area (Å²) in [6.45, 7) is 2.47. The quantitative estimate of drug-likeness (QED) is 0.553. The molecule has 0 unspecified atom stereocenters. The molecular weight excluding hydrogens is 341 g/mol. The van der Waals surface area contributed by atoms with Crippen LogP contribution in [-0.4, -0.2) is 0 Å². The lowest BCUT2D eigenvalue weighted by Gasteiger charge is -2.14. The van der Waals surface area contributed by atoms with Crippen LogP contribution in [0.2, 0.25) is 10.0 Å². The second-order valence-electron chi connectivity index (χ2n) is 5.48. The maximum absolute atomic E-state index is 6.36. The van der Waals surface area contributed by atoms with Crippen LogP contribution in [0.3, 0.4) is 0 Å². The van der Waals surface area contributed by atoms with Gasteiger partial charge in [-0.15, -0.1) is 0 Å². The fraction of sp³-hybridized carbons (Fsp3) is 0.100. The molecule has 122 valence electrons. The first-order chi connectivity index (χ1) is 11.6. The third kappa shape index (κ3) is 4.02. The molecule has 24 heavy (non-hydrogen) atoms. The molecule has 0 spiro atoms. The Morgan fingerprint density at radius 1 is 0.875 bits per heavy atom. The minimum Gasteiger partial charge on any atom is -0.486 e. The lowest BCUT2D eigenvalue weighted by molar-refractivity contribution is 0.306. The molecule has 0 fully saturated rings. The van der Waals surface area contributed by atoms with Crippen molar-refractivity contribution in [3.8, 4) is 5.75 Å². The van der Waals surface area contributed by atoms with Crippen LogP contribution in [0.5, 0.6) is 5.75 Å². The van der Waals surface area contributed by atoms with E-state index in [2.05, 4.69) is 5.32 Å². The maximum atomic E-state index is 6.36. The molecule has 0 amide bonds. The summed E-state index contributed by atoms with van der Waals surface area (Å²) in [5, 5.41) is 4.29. The fourth-order valence-electron chi connectivity index (χ4n) is 2.37. The molecule has 1 N–H and O–H groups in total. The number of nitrogens with one attached hydrogen (secondary N) is 1. The minimum atomic E-state index is 0.421. The number of benzene rings is 3. The molecule has 3 aromatic rings. The topological polar surface area (TPSA) is 21.3 Å². The molecule has 3 aromatic carbocycles. The van der Waals surface area contributed by atoms with Crippen molar-refractivity contribution in [1.82, 2.24) is 0 Å². The zero-order valence-corrected chi connectivity index (χ0v) is 14.7. The van der Waals surface area contributed by atoms with Gasteiger partial charge >= 0.3 is 0 Å². The number of ether oxygens (including phenoxy) is 1. The van der Waals surface area contributed by atoms with Crippen molar-refractivity contribution in [1.29, 1.82) is 0 Å². The van der Waals surface area contributed by atoms with Crippen molar-refractivity contribution in [2.75, 3.05) is 5.32 Å². The van der Waals surface area contributed by atoms with Crippen molar-refractivity contribution in [3.63, 3.8) is 0 Å². The summed E-state index contributed by atoms with van der Waals surface area (Å²) < 4.78 is 5.79. The Hall–Kier alpha value is -2.16. The zero-order chi connectivity index (χ0) is 16.9. The Bertz CT molecular complexity index is 811. The van der Waals surface area contributed by atoms with Crippen LogP contribution in [0.15, 0.2) is 66.7 Å². The zero-order valence-electron chi connectivity index (χ0n) is 13.2. The van der Waals surface area contributed by atoms with E-state index in [-0.39, 0.29) is 0 Å². The Balaban J connectivity index is 1.77. The average molecular weight is 358 g/mol. The number of hydrogen-bond donors (Lipinski definition) is 1. The molecule has 0 aromatic heterocycles. The summed E-state index contributed by atoms with van der Waals surface area (Å²) in [6.07, 6.45) is 0. The van der Waals surface area contributed by atoms with Gasteiger partial charge in [-0.2, -0.15) is 0 Å². The molecule has 0 bridgehead atoms. The predicted molar refractivity (Wildman–Crippen MR) is 102 cm³/mol. The SMILES string of the molecule is Cc1ccccc1Nc1cc(Cl)c(OCc2ccccc2)c(Cl)c1. The first-order valence-corrected chi connectivity index (χ1v) is 8.37. The van der Waals surface area contributed by atoms with Crippen LogP contribution < -0.4 is 10.1 Å². The van der Waals surface area contributed by atoms with Gasteiger partial charge in [0.15, 0.2) is 5.75 Å². The summed E-state index contributed by atoms with van der Waals surface area (Å²) in [4.78, 5) is 0. The highest BCUT2D eigenvalue weighted by molar-refractivity contribution is 6.37. The lowest BCUT2D eigenvalue weighted by Crippen LogP contribution is -1.98. The van der Waals surface area contributed by atoms with Crippen LogP contribution in [0.25, 0.3) is 0 Å². The van der Waals surface area contributed by atoms with Crippen molar-refractivity contribution in [3.05, 3.63) is 87.9 Å². The van der Waals surface area contributed by atoms with Crippen LogP contribution >= 0.6 is 23.2 Å². The number of aryl methyl sites for hydroxylation is 1. The Kier molecular flexibility index (Phi) is 5.29. The van der Waals surface area contributed by atoms with Gasteiger partial charge in [0.05, 0.1) is 10.0 Å². The molecule has 2 nitrogen and oxygen atoms in total. The van der Waals surface area contributed by atoms with Gasteiger partial charge in [-0.1, -0.05) is 71.7 Å². The summed E-state index contributed by atoms with van der Waals surface area (Å²) in [5.41, 5.74) is 4.05. The molecule has 0 aliphatic rings. The first kappa shape index (κ1) is 16.7. The number of para-hydroxylation sites is 1. The predicted octanol–water partition coefficient (Wildman–Crippen LogP) is 6.62. The van der Waals surface area contributed by atoms with E-state index in [4.69, 9.17) is 27.9 Å². The van der Waals surface area contributed by atoms with E-state index in [1.807, 2.05) is 73.7 Å². The summed E-state index contributed by atoms with van der Waals surface area (Å²) in [7, 11) is 0. The normalized spacial score (nSPS) is 10.5. The summed E-state index contributed by atoms with van der Waals surface area (Å²) >= 11 is 12.7. The highest BCUT2D eigenvalue weighted by Gasteiger charge is 2.11. The van der Waals surface area contributed by atoms with E-state index in [1.165, 1.54) is 0 Å².